The lowest BCUT2D eigenvalue weighted by Crippen LogP contribution is -2.30. The molecule has 1 aliphatic rings. The maximum absolute atomic E-state index is 4.32. The van der Waals surface area contributed by atoms with Crippen LogP contribution in [0.5, 0.6) is 0 Å². The fraction of sp³-hybridized carbons (Fsp3) is 0.833. The molecule has 0 radical (unpaired) electrons. The van der Waals surface area contributed by atoms with Gasteiger partial charge in [-0.3, -0.25) is 4.90 Å². The van der Waals surface area contributed by atoms with Gasteiger partial charge in [-0.15, -0.1) is 0 Å². The Morgan fingerprint density at radius 1 is 1.53 bits per heavy atom. The van der Waals surface area contributed by atoms with E-state index in [2.05, 4.69) is 34.3 Å². The summed E-state index contributed by atoms with van der Waals surface area (Å²) in [6.07, 6.45) is 5.47. The summed E-state index contributed by atoms with van der Waals surface area (Å²) in [4.78, 5) is 6.62. The maximum atomic E-state index is 4.32. The van der Waals surface area contributed by atoms with Crippen molar-refractivity contribution >= 4 is 0 Å². The van der Waals surface area contributed by atoms with Crippen molar-refractivity contribution in [3.05, 3.63) is 12.2 Å². The molecule has 5 nitrogen and oxygen atoms in total. The van der Waals surface area contributed by atoms with Gasteiger partial charge in [0.2, 0.25) is 0 Å². The van der Waals surface area contributed by atoms with E-state index in [4.69, 9.17) is 0 Å². The number of nitrogens with zero attached hydrogens (tertiary/aromatic N) is 4. The number of hydrogen-bond acceptors (Lipinski definition) is 4. The smallest absolute Gasteiger partial charge is 0.140 e. The van der Waals surface area contributed by atoms with Crippen LogP contribution >= 0.6 is 0 Å². The molecule has 1 fully saturated rings. The predicted octanol–water partition coefficient (Wildman–Crippen LogP) is 0.872. The molecule has 0 amide bonds. The van der Waals surface area contributed by atoms with Crippen LogP contribution < -0.4 is 5.32 Å². The number of hydrogen-bond donors (Lipinski definition) is 1. The highest BCUT2D eigenvalue weighted by Crippen LogP contribution is 2.17. The average molecular weight is 237 g/mol. The second-order valence-corrected chi connectivity index (χ2v) is 4.87. The van der Waals surface area contributed by atoms with E-state index >= 15 is 0 Å². The minimum absolute atomic E-state index is 0.798. The fourth-order valence-corrected chi connectivity index (χ4v) is 1.88. The van der Waals surface area contributed by atoms with Gasteiger partial charge in [-0.25, -0.2) is 9.67 Å². The van der Waals surface area contributed by atoms with Gasteiger partial charge in [-0.2, -0.15) is 5.10 Å². The molecule has 1 heterocycles. The molecule has 1 aromatic rings. The molecule has 0 aliphatic heterocycles. The van der Waals surface area contributed by atoms with Crippen LogP contribution in [0.3, 0.4) is 0 Å². The zero-order chi connectivity index (χ0) is 12.1. The van der Waals surface area contributed by atoms with E-state index in [0.717, 1.165) is 44.5 Å². The van der Waals surface area contributed by atoms with Gasteiger partial charge in [0.25, 0.3) is 0 Å². The molecule has 0 saturated heterocycles. The summed E-state index contributed by atoms with van der Waals surface area (Å²) in [5.74, 6) is 1.07. The minimum atomic E-state index is 0.798. The number of likely N-dealkylation sites (N-methyl/N-ethyl adjacent to an activating group) is 1. The van der Waals surface area contributed by atoms with Crippen LogP contribution in [0.25, 0.3) is 0 Å². The third-order valence-electron chi connectivity index (χ3n) is 3.05. The fourth-order valence-electron chi connectivity index (χ4n) is 1.88. The topological polar surface area (TPSA) is 46.0 Å². The first-order valence-electron chi connectivity index (χ1n) is 6.58. The molecule has 96 valence electrons. The van der Waals surface area contributed by atoms with Gasteiger partial charge < -0.3 is 5.32 Å². The van der Waals surface area contributed by atoms with Gasteiger partial charge in [0.05, 0.1) is 6.54 Å². The standard InChI is InChI=1S/C12H23N5/c1-3-7-17-12(14-10-15-17)9-16(2)8-6-13-11-4-5-11/h10-11,13H,3-9H2,1-2H3. The van der Waals surface area contributed by atoms with Crippen LogP contribution in [-0.2, 0) is 13.1 Å². The summed E-state index contributed by atoms with van der Waals surface area (Å²) in [5, 5.41) is 7.76. The van der Waals surface area contributed by atoms with Crippen LogP contribution in [0.1, 0.15) is 32.0 Å². The molecule has 0 bridgehead atoms. The Labute approximate surface area is 103 Å². The molecule has 1 aromatic heterocycles. The monoisotopic (exact) mass is 237 g/mol. The lowest BCUT2D eigenvalue weighted by molar-refractivity contribution is 0.307. The van der Waals surface area contributed by atoms with E-state index in [9.17, 15) is 0 Å². The van der Waals surface area contributed by atoms with E-state index < -0.39 is 0 Å². The molecule has 0 spiro atoms. The summed E-state index contributed by atoms with van der Waals surface area (Å²) in [5.41, 5.74) is 0. The van der Waals surface area contributed by atoms with Crippen LogP contribution in [0.2, 0.25) is 0 Å². The van der Waals surface area contributed by atoms with Crippen LogP contribution in [0.4, 0.5) is 0 Å². The van der Waals surface area contributed by atoms with E-state index in [0.29, 0.717) is 0 Å². The van der Waals surface area contributed by atoms with Gasteiger partial charge in [0.15, 0.2) is 0 Å². The largest absolute Gasteiger partial charge is 0.313 e. The lowest BCUT2D eigenvalue weighted by Gasteiger charge is -2.16. The quantitative estimate of drug-likeness (QED) is 0.729. The van der Waals surface area contributed by atoms with Crippen molar-refractivity contribution in [2.45, 2.75) is 45.3 Å². The molecule has 17 heavy (non-hydrogen) atoms. The highest BCUT2D eigenvalue weighted by atomic mass is 15.3. The van der Waals surface area contributed by atoms with E-state index in [1.807, 2.05) is 4.68 Å². The minimum Gasteiger partial charge on any atom is -0.313 e. The zero-order valence-electron chi connectivity index (χ0n) is 10.9. The van der Waals surface area contributed by atoms with Crippen molar-refractivity contribution in [1.82, 2.24) is 25.0 Å². The maximum Gasteiger partial charge on any atom is 0.140 e. The number of rotatable bonds is 8. The average Bonchev–Trinajstić information content (AvgIpc) is 3.02. The summed E-state index contributed by atoms with van der Waals surface area (Å²) < 4.78 is 2.00. The van der Waals surface area contributed by atoms with Gasteiger partial charge in [0, 0.05) is 25.7 Å². The molecule has 0 unspecified atom stereocenters. The van der Waals surface area contributed by atoms with Crippen LogP contribution in [0.15, 0.2) is 6.33 Å². The van der Waals surface area contributed by atoms with Crippen molar-refractivity contribution < 1.29 is 0 Å². The van der Waals surface area contributed by atoms with Crippen molar-refractivity contribution in [3.8, 4) is 0 Å². The van der Waals surface area contributed by atoms with Gasteiger partial charge in [0.1, 0.15) is 12.2 Å². The number of aryl methyl sites for hydroxylation is 1. The summed E-state index contributed by atoms with van der Waals surface area (Å²) in [6, 6.07) is 0.798. The summed E-state index contributed by atoms with van der Waals surface area (Å²) in [6.45, 7) is 6.14. The van der Waals surface area contributed by atoms with E-state index in [1.54, 1.807) is 6.33 Å². The molecule has 5 heteroatoms. The second-order valence-electron chi connectivity index (χ2n) is 4.87. The lowest BCUT2D eigenvalue weighted by atomic mass is 10.4. The van der Waals surface area contributed by atoms with Crippen molar-refractivity contribution in [2.75, 3.05) is 20.1 Å². The van der Waals surface area contributed by atoms with Crippen LogP contribution in [-0.4, -0.2) is 45.8 Å². The Morgan fingerprint density at radius 3 is 3.06 bits per heavy atom. The summed E-state index contributed by atoms with van der Waals surface area (Å²) in [7, 11) is 2.14. The van der Waals surface area contributed by atoms with Crippen molar-refractivity contribution in [3.63, 3.8) is 0 Å². The molecule has 1 aliphatic carbocycles. The molecular weight excluding hydrogens is 214 g/mol. The van der Waals surface area contributed by atoms with Gasteiger partial charge in [-0.05, 0) is 26.3 Å². The van der Waals surface area contributed by atoms with Crippen molar-refractivity contribution in [2.24, 2.45) is 0 Å². The van der Waals surface area contributed by atoms with Gasteiger partial charge in [-0.1, -0.05) is 6.92 Å². The zero-order valence-corrected chi connectivity index (χ0v) is 10.9. The number of nitrogens with one attached hydrogen (secondary N) is 1. The molecule has 1 saturated carbocycles. The highest BCUT2D eigenvalue weighted by molar-refractivity contribution is 4.85. The van der Waals surface area contributed by atoms with Crippen LogP contribution in [0, 0.1) is 0 Å². The molecular formula is C12H23N5. The molecule has 1 N–H and O–H groups in total. The SMILES string of the molecule is CCCn1ncnc1CN(C)CCNC1CC1. The first kappa shape index (κ1) is 12.5. The molecule has 0 aromatic carbocycles. The Bertz CT molecular complexity index is 331. The Morgan fingerprint density at radius 2 is 2.35 bits per heavy atom. The first-order chi connectivity index (χ1) is 8.29. The summed E-state index contributed by atoms with van der Waals surface area (Å²) >= 11 is 0. The van der Waals surface area contributed by atoms with Gasteiger partial charge >= 0.3 is 0 Å². The predicted molar refractivity (Wildman–Crippen MR) is 67.7 cm³/mol. The van der Waals surface area contributed by atoms with E-state index in [1.165, 1.54) is 12.8 Å². The van der Waals surface area contributed by atoms with E-state index in [-0.39, 0.29) is 0 Å². The second kappa shape index (κ2) is 6.12. The Hall–Kier alpha value is -0.940. The third-order valence-corrected chi connectivity index (χ3v) is 3.05. The molecule has 2 rings (SSSR count). The normalized spacial score (nSPS) is 15.7. The van der Waals surface area contributed by atoms with Crippen molar-refractivity contribution in [1.29, 1.82) is 0 Å². The number of aromatic nitrogens is 3. The third kappa shape index (κ3) is 4.09. The Balaban J connectivity index is 1.71. The molecule has 0 atom stereocenters. The Kier molecular flexibility index (Phi) is 4.50. The first-order valence-corrected chi connectivity index (χ1v) is 6.58. The highest BCUT2D eigenvalue weighted by Gasteiger charge is 2.19.